The Morgan fingerprint density at radius 1 is 0.688 bits per heavy atom. The van der Waals surface area contributed by atoms with Crippen LogP contribution in [0.25, 0.3) is 0 Å². The molecule has 0 radical (unpaired) electrons. The first-order valence-electron chi connectivity index (χ1n) is 14.7. The molecule has 0 aromatic rings. The molecule has 3 rings (SSSR count). The van der Waals surface area contributed by atoms with Crippen LogP contribution in [-0.4, -0.2) is 12.6 Å². The third-order valence-corrected chi connectivity index (χ3v) is 10.2. The molecule has 0 N–H and O–H groups in total. The minimum Gasteiger partial charge on any atom is -0.465 e. The summed E-state index contributed by atoms with van der Waals surface area (Å²) in [5, 5.41) is 0. The summed E-state index contributed by atoms with van der Waals surface area (Å²) in [7, 11) is 0. The van der Waals surface area contributed by atoms with Crippen LogP contribution in [0, 0.1) is 47.3 Å². The van der Waals surface area contributed by atoms with Crippen LogP contribution in [0.1, 0.15) is 130 Å². The maximum atomic E-state index is 12.3. The molecule has 0 saturated heterocycles. The van der Waals surface area contributed by atoms with Crippen LogP contribution in [0.5, 0.6) is 0 Å². The summed E-state index contributed by atoms with van der Waals surface area (Å²) < 4.78 is 5.50. The third-order valence-electron chi connectivity index (χ3n) is 10.2. The predicted octanol–water partition coefficient (Wildman–Crippen LogP) is 8.82. The molecule has 0 heterocycles. The standard InChI is InChI=1S/C30H54O2/c1-5-7-21-32-30(31)29-19-17-28(18-20-29)23(4)27-15-13-26(14-16-27)22(3)25-11-9-24(8-6-2)10-12-25/h22-29H,5-21H2,1-4H3/t22?,23?,24?,25?,26?,27?,28-,29-. The second kappa shape index (κ2) is 13.4. The summed E-state index contributed by atoms with van der Waals surface area (Å²) in [5.41, 5.74) is 0. The molecule has 186 valence electrons. The van der Waals surface area contributed by atoms with Crippen molar-refractivity contribution in [1.82, 2.24) is 0 Å². The summed E-state index contributed by atoms with van der Waals surface area (Å²) in [4.78, 5) is 12.3. The molecule has 32 heavy (non-hydrogen) atoms. The molecule has 2 unspecified atom stereocenters. The second-order valence-corrected chi connectivity index (χ2v) is 12.1. The number of carbonyl (C=O) groups is 1. The van der Waals surface area contributed by atoms with E-state index >= 15 is 0 Å². The molecule has 3 fully saturated rings. The van der Waals surface area contributed by atoms with Crippen LogP contribution < -0.4 is 0 Å². The van der Waals surface area contributed by atoms with Crippen molar-refractivity contribution in [3.8, 4) is 0 Å². The first kappa shape index (κ1) is 26.1. The van der Waals surface area contributed by atoms with E-state index in [2.05, 4.69) is 27.7 Å². The van der Waals surface area contributed by atoms with Gasteiger partial charge in [0.1, 0.15) is 0 Å². The zero-order valence-electron chi connectivity index (χ0n) is 22.0. The van der Waals surface area contributed by atoms with Crippen molar-refractivity contribution in [2.75, 3.05) is 6.61 Å². The van der Waals surface area contributed by atoms with Gasteiger partial charge in [-0.05, 0) is 112 Å². The zero-order chi connectivity index (χ0) is 22.9. The lowest BCUT2D eigenvalue weighted by Gasteiger charge is -2.42. The van der Waals surface area contributed by atoms with Crippen LogP contribution in [0.4, 0.5) is 0 Å². The topological polar surface area (TPSA) is 26.3 Å². The number of ether oxygens (including phenoxy) is 1. The molecular formula is C30H54O2. The summed E-state index contributed by atoms with van der Waals surface area (Å²) in [5.74, 6) is 6.85. The van der Waals surface area contributed by atoms with E-state index in [1.165, 1.54) is 77.0 Å². The molecule has 2 nitrogen and oxygen atoms in total. The van der Waals surface area contributed by atoms with Gasteiger partial charge in [0.15, 0.2) is 0 Å². The number of hydrogen-bond acceptors (Lipinski definition) is 2. The van der Waals surface area contributed by atoms with Gasteiger partial charge < -0.3 is 4.74 Å². The lowest BCUT2D eigenvalue weighted by atomic mass is 9.63. The first-order valence-corrected chi connectivity index (χ1v) is 14.7. The molecule has 0 aromatic carbocycles. The highest BCUT2D eigenvalue weighted by atomic mass is 16.5. The number of esters is 1. The Kier molecular flexibility index (Phi) is 10.9. The average molecular weight is 447 g/mol. The van der Waals surface area contributed by atoms with Crippen LogP contribution in [-0.2, 0) is 9.53 Å². The van der Waals surface area contributed by atoms with Gasteiger partial charge in [0.05, 0.1) is 12.5 Å². The Bertz CT molecular complexity index is 519. The maximum absolute atomic E-state index is 12.3. The molecule has 2 atom stereocenters. The van der Waals surface area contributed by atoms with E-state index < -0.39 is 0 Å². The van der Waals surface area contributed by atoms with Gasteiger partial charge in [-0.25, -0.2) is 0 Å². The molecule has 3 saturated carbocycles. The zero-order valence-corrected chi connectivity index (χ0v) is 22.0. The fourth-order valence-corrected chi connectivity index (χ4v) is 7.69. The van der Waals surface area contributed by atoms with Gasteiger partial charge in [-0.3, -0.25) is 4.79 Å². The summed E-state index contributed by atoms with van der Waals surface area (Å²) in [6.45, 7) is 10.2. The van der Waals surface area contributed by atoms with E-state index in [9.17, 15) is 4.79 Å². The minimum atomic E-state index is 0.0859. The Balaban J connectivity index is 1.36. The first-order chi connectivity index (χ1) is 15.5. The normalized spacial score (nSPS) is 35.8. The lowest BCUT2D eigenvalue weighted by Crippen LogP contribution is -2.33. The SMILES string of the molecule is CCCCOC(=O)[C@H]1CC[C@H](C(C)C2CCC(C(C)C3CCC(CCC)CC3)CC2)CC1. The summed E-state index contributed by atoms with van der Waals surface area (Å²) >= 11 is 0. The Hall–Kier alpha value is -0.530. The van der Waals surface area contributed by atoms with Crippen LogP contribution in [0.15, 0.2) is 0 Å². The molecule has 3 aliphatic rings. The number of rotatable bonds is 10. The molecule has 2 heteroatoms. The van der Waals surface area contributed by atoms with Crippen molar-refractivity contribution < 1.29 is 9.53 Å². The average Bonchev–Trinajstić information content (AvgIpc) is 2.84. The summed E-state index contributed by atoms with van der Waals surface area (Å²) in [6.07, 6.45) is 21.4. The quantitative estimate of drug-likeness (QED) is 0.247. The lowest BCUT2D eigenvalue weighted by molar-refractivity contribution is -0.150. The largest absolute Gasteiger partial charge is 0.465 e. The van der Waals surface area contributed by atoms with Crippen molar-refractivity contribution in [3.05, 3.63) is 0 Å². The highest BCUT2D eigenvalue weighted by molar-refractivity contribution is 5.72. The fourth-order valence-electron chi connectivity index (χ4n) is 7.69. The van der Waals surface area contributed by atoms with Gasteiger partial charge in [0.25, 0.3) is 0 Å². The van der Waals surface area contributed by atoms with Crippen LogP contribution >= 0.6 is 0 Å². The number of carbonyl (C=O) groups excluding carboxylic acids is 1. The van der Waals surface area contributed by atoms with Crippen molar-refractivity contribution in [2.45, 2.75) is 130 Å². The molecule has 0 spiro atoms. The van der Waals surface area contributed by atoms with Gasteiger partial charge in [-0.2, -0.15) is 0 Å². The minimum absolute atomic E-state index is 0.0859. The highest BCUT2D eigenvalue weighted by Crippen LogP contribution is 2.46. The fraction of sp³-hybridized carbons (Fsp3) is 0.967. The molecule has 0 aliphatic heterocycles. The van der Waals surface area contributed by atoms with Crippen LogP contribution in [0.2, 0.25) is 0 Å². The Morgan fingerprint density at radius 3 is 1.56 bits per heavy atom. The monoisotopic (exact) mass is 446 g/mol. The molecule has 0 aromatic heterocycles. The van der Waals surface area contributed by atoms with E-state index in [-0.39, 0.29) is 11.9 Å². The van der Waals surface area contributed by atoms with E-state index in [1.54, 1.807) is 0 Å². The van der Waals surface area contributed by atoms with Gasteiger partial charge in [0, 0.05) is 0 Å². The maximum Gasteiger partial charge on any atom is 0.308 e. The molecular weight excluding hydrogens is 392 g/mol. The van der Waals surface area contributed by atoms with Gasteiger partial charge in [-0.1, -0.05) is 59.8 Å². The van der Waals surface area contributed by atoms with Crippen LogP contribution in [0.3, 0.4) is 0 Å². The van der Waals surface area contributed by atoms with E-state index in [1.807, 2.05) is 0 Å². The summed E-state index contributed by atoms with van der Waals surface area (Å²) in [6, 6.07) is 0. The van der Waals surface area contributed by atoms with Gasteiger partial charge in [0.2, 0.25) is 0 Å². The molecule has 0 bridgehead atoms. The van der Waals surface area contributed by atoms with Gasteiger partial charge in [-0.15, -0.1) is 0 Å². The smallest absolute Gasteiger partial charge is 0.308 e. The van der Waals surface area contributed by atoms with Crippen molar-refractivity contribution >= 4 is 5.97 Å². The number of unbranched alkanes of at least 4 members (excludes halogenated alkanes) is 1. The molecule has 0 amide bonds. The van der Waals surface area contributed by atoms with Crippen molar-refractivity contribution in [3.63, 3.8) is 0 Å². The third kappa shape index (κ3) is 7.23. The van der Waals surface area contributed by atoms with Gasteiger partial charge >= 0.3 is 5.97 Å². The van der Waals surface area contributed by atoms with E-state index in [0.717, 1.165) is 67.1 Å². The van der Waals surface area contributed by atoms with Crippen molar-refractivity contribution in [2.24, 2.45) is 47.3 Å². The Labute approximate surface area is 200 Å². The molecule has 3 aliphatic carbocycles. The van der Waals surface area contributed by atoms with E-state index in [0.29, 0.717) is 6.61 Å². The highest BCUT2D eigenvalue weighted by Gasteiger charge is 2.36. The van der Waals surface area contributed by atoms with E-state index in [4.69, 9.17) is 4.74 Å². The van der Waals surface area contributed by atoms with Crippen molar-refractivity contribution in [1.29, 1.82) is 0 Å². The predicted molar refractivity (Wildman–Crippen MR) is 135 cm³/mol. The number of hydrogen-bond donors (Lipinski definition) is 0. The second-order valence-electron chi connectivity index (χ2n) is 12.1. The Morgan fingerprint density at radius 2 is 1.12 bits per heavy atom.